The molecule has 0 atom stereocenters. The predicted molar refractivity (Wildman–Crippen MR) is 157 cm³/mol. The lowest BCUT2D eigenvalue weighted by Crippen LogP contribution is -2.37. The number of hydrogen-bond donors (Lipinski definition) is 0. The maximum Gasteiger partial charge on any atom is 0.400 e. The number of benzene rings is 3. The van der Waals surface area contributed by atoms with Gasteiger partial charge in [-0.3, -0.25) is 0 Å². The summed E-state index contributed by atoms with van der Waals surface area (Å²) in [5.41, 5.74) is -0.00917. The van der Waals surface area contributed by atoms with E-state index in [-0.39, 0.29) is 48.3 Å². The average molecular weight is 639 g/mol. The maximum atomic E-state index is 15.3. The number of halogens is 8. The third-order valence-electron chi connectivity index (χ3n) is 9.78. The fourth-order valence-electron chi connectivity index (χ4n) is 7.14. The minimum atomic E-state index is -3.68. The quantitative estimate of drug-likeness (QED) is 0.122. The SMILES string of the molecule is CCCCCC1CCC(c2ccc(C3CCC(C(F)(F)Oc4ccc(-c5cc(F)c(F)c(F)c5)c(F)c4)CC3)c(F)c2F)CC1. The number of alkyl halides is 2. The standard InChI is InChI=1S/C36H38F8O/c1-2-3-4-5-21-6-8-22(9-7-21)28-16-17-29(34(41)33(28)40)23-10-12-25(13-11-23)36(43,44)45-26-14-15-27(30(37)20-26)24-18-31(38)35(42)32(39)19-24/h14-23,25H,2-13H2,1H3. The lowest BCUT2D eigenvalue weighted by Gasteiger charge is -2.34. The molecular formula is C36H38F8O. The number of hydrogen-bond acceptors (Lipinski definition) is 1. The first-order chi connectivity index (χ1) is 21.5. The van der Waals surface area contributed by atoms with Gasteiger partial charge in [0.1, 0.15) is 11.6 Å². The van der Waals surface area contributed by atoms with Crippen LogP contribution in [0.2, 0.25) is 0 Å². The van der Waals surface area contributed by atoms with Crippen molar-refractivity contribution in [2.45, 2.75) is 102 Å². The molecule has 0 spiro atoms. The third-order valence-corrected chi connectivity index (χ3v) is 9.78. The van der Waals surface area contributed by atoms with Crippen LogP contribution in [0.1, 0.15) is 107 Å². The summed E-state index contributed by atoms with van der Waals surface area (Å²) in [6.07, 6.45) is 5.19. The second kappa shape index (κ2) is 14.1. The van der Waals surface area contributed by atoms with Crippen molar-refractivity contribution < 1.29 is 39.9 Å². The molecule has 5 rings (SSSR count). The second-order valence-electron chi connectivity index (χ2n) is 12.7. The van der Waals surface area contributed by atoms with Crippen LogP contribution < -0.4 is 4.74 Å². The van der Waals surface area contributed by atoms with E-state index in [1.165, 1.54) is 25.7 Å². The Morgan fingerprint density at radius 3 is 1.73 bits per heavy atom. The summed E-state index contributed by atoms with van der Waals surface area (Å²) in [5.74, 6) is -9.04. The van der Waals surface area contributed by atoms with E-state index in [2.05, 4.69) is 6.92 Å². The topological polar surface area (TPSA) is 9.23 Å². The van der Waals surface area contributed by atoms with Crippen molar-refractivity contribution >= 4 is 0 Å². The first-order valence-electron chi connectivity index (χ1n) is 16.0. The Morgan fingerprint density at radius 2 is 1.20 bits per heavy atom. The van der Waals surface area contributed by atoms with E-state index in [0.717, 1.165) is 37.8 Å². The van der Waals surface area contributed by atoms with Gasteiger partial charge in [-0.2, -0.15) is 8.78 Å². The summed E-state index contributed by atoms with van der Waals surface area (Å²) in [5, 5.41) is 0. The highest BCUT2D eigenvalue weighted by atomic mass is 19.3. The summed E-state index contributed by atoms with van der Waals surface area (Å²) in [6.45, 7) is 2.18. The molecule has 0 aliphatic heterocycles. The molecular weight excluding hydrogens is 600 g/mol. The van der Waals surface area contributed by atoms with Gasteiger partial charge in [0, 0.05) is 11.6 Å². The molecule has 0 radical (unpaired) electrons. The van der Waals surface area contributed by atoms with Crippen molar-refractivity contribution in [2.75, 3.05) is 0 Å². The zero-order valence-electron chi connectivity index (χ0n) is 25.3. The predicted octanol–water partition coefficient (Wildman–Crippen LogP) is 12.0. The summed E-state index contributed by atoms with van der Waals surface area (Å²) < 4.78 is 121. The van der Waals surface area contributed by atoms with Gasteiger partial charge in [-0.15, -0.1) is 0 Å². The Morgan fingerprint density at radius 1 is 0.644 bits per heavy atom. The van der Waals surface area contributed by atoms with Crippen LogP contribution in [0.25, 0.3) is 11.1 Å². The van der Waals surface area contributed by atoms with Gasteiger partial charge in [-0.1, -0.05) is 44.7 Å². The zero-order chi connectivity index (χ0) is 32.3. The first kappa shape index (κ1) is 33.3. The van der Waals surface area contributed by atoms with Gasteiger partial charge in [-0.05, 0) is 110 Å². The number of rotatable bonds is 10. The minimum Gasteiger partial charge on any atom is -0.432 e. The lowest BCUT2D eigenvalue weighted by molar-refractivity contribution is -0.222. The van der Waals surface area contributed by atoms with E-state index in [1.807, 2.05) is 0 Å². The van der Waals surface area contributed by atoms with E-state index in [9.17, 15) is 17.6 Å². The van der Waals surface area contributed by atoms with Crippen LogP contribution in [0.4, 0.5) is 35.1 Å². The largest absolute Gasteiger partial charge is 0.432 e. The van der Waals surface area contributed by atoms with E-state index < -0.39 is 58.6 Å². The molecule has 0 amide bonds. The van der Waals surface area contributed by atoms with Gasteiger partial charge < -0.3 is 4.74 Å². The third kappa shape index (κ3) is 7.49. The maximum absolute atomic E-state index is 15.3. The van der Waals surface area contributed by atoms with Crippen LogP contribution in [0.3, 0.4) is 0 Å². The number of ether oxygens (including phenoxy) is 1. The molecule has 45 heavy (non-hydrogen) atoms. The highest BCUT2D eigenvalue weighted by Gasteiger charge is 2.44. The summed E-state index contributed by atoms with van der Waals surface area (Å²) >= 11 is 0. The molecule has 0 bridgehead atoms. The minimum absolute atomic E-state index is 0.0144. The first-order valence-corrected chi connectivity index (χ1v) is 16.0. The fraction of sp³-hybridized carbons (Fsp3) is 0.500. The Bertz CT molecular complexity index is 1450. The lowest BCUT2D eigenvalue weighted by atomic mass is 9.75. The smallest absolute Gasteiger partial charge is 0.400 e. The van der Waals surface area contributed by atoms with E-state index >= 15 is 17.6 Å². The Labute approximate surface area is 259 Å². The fourth-order valence-corrected chi connectivity index (χ4v) is 7.14. The Balaban J connectivity index is 1.18. The Kier molecular flexibility index (Phi) is 10.4. The van der Waals surface area contributed by atoms with Crippen molar-refractivity contribution in [2.24, 2.45) is 11.8 Å². The molecule has 1 nitrogen and oxygen atoms in total. The highest BCUT2D eigenvalue weighted by Crippen LogP contribution is 2.45. The van der Waals surface area contributed by atoms with Gasteiger partial charge in [0.15, 0.2) is 29.1 Å². The van der Waals surface area contributed by atoms with Crippen molar-refractivity contribution in [3.63, 3.8) is 0 Å². The molecule has 244 valence electrons. The molecule has 2 aliphatic rings. The van der Waals surface area contributed by atoms with Crippen LogP contribution in [-0.4, -0.2) is 6.11 Å². The van der Waals surface area contributed by atoms with E-state index in [4.69, 9.17) is 4.74 Å². The van der Waals surface area contributed by atoms with Crippen LogP contribution >= 0.6 is 0 Å². The molecule has 0 N–H and O–H groups in total. The monoisotopic (exact) mass is 638 g/mol. The molecule has 3 aromatic rings. The van der Waals surface area contributed by atoms with Crippen molar-refractivity contribution in [3.8, 4) is 16.9 Å². The van der Waals surface area contributed by atoms with E-state index in [0.29, 0.717) is 29.7 Å². The molecule has 0 unspecified atom stereocenters. The van der Waals surface area contributed by atoms with Crippen LogP contribution in [0.5, 0.6) is 5.75 Å². The molecule has 2 aliphatic carbocycles. The number of unbranched alkanes of at least 4 members (excludes halogenated alkanes) is 2. The molecule has 0 heterocycles. The summed E-state index contributed by atoms with van der Waals surface area (Å²) in [4.78, 5) is 0. The highest BCUT2D eigenvalue weighted by molar-refractivity contribution is 5.65. The van der Waals surface area contributed by atoms with Crippen LogP contribution in [0, 0.1) is 46.7 Å². The zero-order valence-corrected chi connectivity index (χ0v) is 25.3. The average Bonchev–Trinajstić information content (AvgIpc) is 3.01. The van der Waals surface area contributed by atoms with Gasteiger partial charge in [0.05, 0.1) is 5.92 Å². The summed E-state index contributed by atoms with van der Waals surface area (Å²) in [7, 11) is 0. The molecule has 3 aromatic carbocycles. The molecule has 0 aromatic heterocycles. The molecule has 9 heteroatoms. The summed E-state index contributed by atoms with van der Waals surface area (Å²) in [6, 6.07) is 7.23. The van der Waals surface area contributed by atoms with Crippen LogP contribution in [0.15, 0.2) is 42.5 Å². The van der Waals surface area contributed by atoms with E-state index in [1.54, 1.807) is 12.1 Å². The molecule has 2 fully saturated rings. The van der Waals surface area contributed by atoms with Crippen molar-refractivity contribution in [1.29, 1.82) is 0 Å². The van der Waals surface area contributed by atoms with Gasteiger partial charge in [-0.25, -0.2) is 26.3 Å². The van der Waals surface area contributed by atoms with Crippen LogP contribution in [-0.2, 0) is 0 Å². The van der Waals surface area contributed by atoms with Gasteiger partial charge in [0.2, 0.25) is 0 Å². The van der Waals surface area contributed by atoms with Crippen molar-refractivity contribution in [1.82, 2.24) is 0 Å². The normalized spacial score (nSPS) is 22.4. The van der Waals surface area contributed by atoms with Gasteiger partial charge >= 0.3 is 6.11 Å². The van der Waals surface area contributed by atoms with Gasteiger partial charge in [0.25, 0.3) is 0 Å². The Hall–Kier alpha value is -3.10. The molecule has 0 saturated heterocycles. The van der Waals surface area contributed by atoms with Crippen molar-refractivity contribution in [3.05, 3.63) is 88.5 Å². The second-order valence-corrected chi connectivity index (χ2v) is 12.7. The molecule has 2 saturated carbocycles.